The Bertz CT molecular complexity index is 1080. The Morgan fingerprint density at radius 1 is 1.12 bits per heavy atom. The minimum atomic E-state index is -0.126. The number of aromatic nitrogens is 1. The van der Waals surface area contributed by atoms with E-state index in [-0.39, 0.29) is 11.8 Å². The SMILES string of the molecule is COc1ccc(NC(=O)c2ccc(C)nc2C2CCN(Cc3cccc(Cl)c3)CC2)cc1. The molecule has 1 fully saturated rings. The van der Waals surface area contributed by atoms with E-state index < -0.39 is 0 Å². The number of rotatable bonds is 6. The predicted molar refractivity (Wildman–Crippen MR) is 129 cm³/mol. The van der Waals surface area contributed by atoms with Crippen LogP contribution < -0.4 is 10.1 Å². The van der Waals surface area contributed by atoms with E-state index in [1.807, 2.05) is 61.5 Å². The van der Waals surface area contributed by atoms with Crippen molar-refractivity contribution >= 4 is 23.2 Å². The topological polar surface area (TPSA) is 54.5 Å². The maximum Gasteiger partial charge on any atom is 0.257 e. The van der Waals surface area contributed by atoms with Crippen molar-refractivity contribution in [1.82, 2.24) is 9.88 Å². The highest BCUT2D eigenvalue weighted by molar-refractivity contribution is 6.30. The van der Waals surface area contributed by atoms with Crippen LogP contribution in [0.2, 0.25) is 5.02 Å². The van der Waals surface area contributed by atoms with E-state index in [0.29, 0.717) is 5.56 Å². The van der Waals surface area contributed by atoms with Crippen LogP contribution in [0.4, 0.5) is 5.69 Å². The summed E-state index contributed by atoms with van der Waals surface area (Å²) in [4.78, 5) is 20.3. The molecule has 6 heteroatoms. The first kappa shape index (κ1) is 22.3. The number of benzene rings is 2. The second-order valence-electron chi connectivity index (χ2n) is 8.25. The van der Waals surface area contributed by atoms with E-state index in [9.17, 15) is 4.79 Å². The number of nitrogens with zero attached hydrogens (tertiary/aromatic N) is 2. The summed E-state index contributed by atoms with van der Waals surface area (Å²) < 4.78 is 5.19. The van der Waals surface area contributed by atoms with E-state index in [0.717, 1.165) is 60.3 Å². The van der Waals surface area contributed by atoms with Crippen LogP contribution in [0.25, 0.3) is 0 Å². The molecule has 1 aliphatic heterocycles. The van der Waals surface area contributed by atoms with Gasteiger partial charge in [0, 0.05) is 28.9 Å². The molecule has 1 N–H and O–H groups in total. The summed E-state index contributed by atoms with van der Waals surface area (Å²) in [6.45, 7) is 4.79. The highest BCUT2D eigenvalue weighted by Crippen LogP contribution is 2.31. The fourth-order valence-corrected chi connectivity index (χ4v) is 4.42. The van der Waals surface area contributed by atoms with Crippen LogP contribution in [0.1, 0.15) is 46.1 Å². The number of pyridine rings is 1. The quantitative estimate of drug-likeness (QED) is 0.525. The summed E-state index contributed by atoms with van der Waals surface area (Å²) in [6.07, 6.45) is 1.94. The van der Waals surface area contributed by atoms with Crippen LogP contribution >= 0.6 is 11.6 Å². The van der Waals surface area contributed by atoms with Gasteiger partial charge < -0.3 is 10.1 Å². The van der Waals surface area contributed by atoms with Crippen molar-refractivity contribution in [2.75, 3.05) is 25.5 Å². The summed E-state index contributed by atoms with van der Waals surface area (Å²) in [5.74, 6) is 0.895. The molecule has 0 unspecified atom stereocenters. The first-order valence-electron chi connectivity index (χ1n) is 10.9. The Labute approximate surface area is 194 Å². The maximum absolute atomic E-state index is 13.1. The highest BCUT2D eigenvalue weighted by Gasteiger charge is 2.26. The van der Waals surface area contributed by atoms with Crippen molar-refractivity contribution < 1.29 is 9.53 Å². The van der Waals surface area contributed by atoms with Gasteiger partial charge in [0.05, 0.1) is 18.4 Å². The summed E-state index contributed by atoms with van der Waals surface area (Å²) in [5.41, 5.74) is 4.45. The number of aryl methyl sites for hydroxylation is 1. The van der Waals surface area contributed by atoms with Gasteiger partial charge in [-0.15, -0.1) is 0 Å². The number of carbonyl (C=O) groups is 1. The van der Waals surface area contributed by atoms with Crippen LogP contribution in [0.3, 0.4) is 0 Å². The third-order valence-electron chi connectivity index (χ3n) is 5.93. The molecule has 2 aromatic carbocycles. The summed E-state index contributed by atoms with van der Waals surface area (Å²) in [7, 11) is 1.62. The largest absolute Gasteiger partial charge is 0.497 e. The van der Waals surface area contributed by atoms with Crippen molar-refractivity contribution in [2.45, 2.75) is 32.2 Å². The van der Waals surface area contributed by atoms with Gasteiger partial charge in [-0.1, -0.05) is 23.7 Å². The second-order valence-corrected chi connectivity index (χ2v) is 8.68. The van der Waals surface area contributed by atoms with Gasteiger partial charge in [0.15, 0.2) is 0 Å². The van der Waals surface area contributed by atoms with Gasteiger partial charge >= 0.3 is 0 Å². The van der Waals surface area contributed by atoms with Gasteiger partial charge in [-0.3, -0.25) is 14.7 Å². The molecular formula is C26H28ClN3O2. The summed E-state index contributed by atoms with van der Waals surface area (Å²) >= 11 is 6.13. The van der Waals surface area contributed by atoms with Gasteiger partial charge in [-0.05, 0) is 86.9 Å². The Hall–Kier alpha value is -2.89. The molecule has 0 spiro atoms. The monoisotopic (exact) mass is 449 g/mol. The van der Waals surface area contributed by atoms with Crippen LogP contribution in [0, 0.1) is 6.92 Å². The molecule has 166 valence electrons. The zero-order chi connectivity index (χ0) is 22.5. The average molecular weight is 450 g/mol. The van der Waals surface area contributed by atoms with Crippen molar-refractivity contribution in [1.29, 1.82) is 0 Å². The number of hydrogen-bond donors (Lipinski definition) is 1. The molecule has 0 saturated carbocycles. The number of hydrogen-bond acceptors (Lipinski definition) is 4. The minimum absolute atomic E-state index is 0.126. The summed E-state index contributed by atoms with van der Waals surface area (Å²) in [6, 6.07) is 19.2. The van der Waals surface area contributed by atoms with Crippen LogP contribution in [-0.4, -0.2) is 36.0 Å². The van der Waals surface area contributed by atoms with Crippen molar-refractivity contribution in [3.05, 3.63) is 88.2 Å². The standard InChI is InChI=1S/C26H28ClN3O2/c1-18-6-11-24(26(31)29-22-7-9-23(32-2)10-8-22)25(28-18)20-12-14-30(15-13-20)17-19-4-3-5-21(27)16-19/h3-11,16,20H,12-15,17H2,1-2H3,(H,29,31). The van der Waals surface area contributed by atoms with Gasteiger partial charge in [-0.2, -0.15) is 0 Å². The van der Waals surface area contributed by atoms with Gasteiger partial charge in [-0.25, -0.2) is 0 Å². The lowest BCUT2D eigenvalue weighted by atomic mass is 9.89. The number of likely N-dealkylation sites (tertiary alicyclic amines) is 1. The molecule has 3 aromatic rings. The zero-order valence-electron chi connectivity index (χ0n) is 18.5. The van der Waals surface area contributed by atoms with Crippen LogP contribution in [-0.2, 0) is 6.54 Å². The molecule has 1 amide bonds. The average Bonchev–Trinajstić information content (AvgIpc) is 2.80. The van der Waals surface area contributed by atoms with E-state index >= 15 is 0 Å². The highest BCUT2D eigenvalue weighted by atomic mass is 35.5. The van der Waals surface area contributed by atoms with Crippen LogP contribution in [0.15, 0.2) is 60.7 Å². The van der Waals surface area contributed by atoms with E-state index in [2.05, 4.69) is 16.3 Å². The molecule has 4 rings (SSSR count). The first-order chi connectivity index (χ1) is 15.5. The molecule has 1 aliphatic rings. The predicted octanol–water partition coefficient (Wildman–Crippen LogP) is 5.68. The number of piperidine rings is 1. The second kappa shape index (κ2) is 10.2. The molecule has 2 heterocycles. The fraction of sp³-hybridized carbons (Fsp3) is 0.308. The Morgan fingerprint density at radius 2 is 1.88 bits per heavy atom. The number of methoxy groups -OCH3 is 1. The lowest BCUT2D eigenvalue weighted by Gasteiger charge is -2.32. The lowest BCUT2D eigenvalue weighted by molar-refractivity contribution is 0.102. The summed E-state index contributed by atoms with van der Waals surface area (Å²) in [5, 5.41) is 3.77. The van der Waals surface area contributed by atoms with Gasteiger partial charge in [0.25, 0.3) is 5.91 Å². The molecule has 1 saturated heterocycles. The molecule has 0 radical (unpaired) electrons. The molecule has 0 aliphatic carbocycles. The number of carbonyl (C=O) groups excluding carboxylic acids is 1. The van der Waals surface area contributed by atoms with E-state index in [1.165, 1.54) is 5.56 Å². The molecule has 0 atom stereocenters. The molecule has 5 nitrogen and oxygen atoms in total. The number of anilines is 1. The number of nitrogens with one attached hydrogen (secondary N) is 1. The third kappa shape index (κ3) is 5.47. The van der Waals surface area contributed by atoms with E-state index in [1.54, 1.807) is 7.11 Å². The minimum Gasteiger partial charge on any atom is -0.497 e. The number of amides is 1. The molecular weight excluding hydrogens is 422 g/mol. The Balaban J connectivity index is 1.44. The van der Waals surface area contributed by atoms with Crippen LogP contribution in [0.5, 0.6) is 5.75 Å². The molecule has 1 aromatic heterocycles. The van der Waals surface area contributed by atoms with Gasteiger partial charge in [0.2, 0.25) is 0 Å². The number of ether oxygens (including phenoxy) is 1. The fourth-order valence-electron chi connectivity index (χ4n) is 4.21. The number of halogens is 1. The van der Waals surface area contributed by atoms with Crippen molar-refractivity contribution in [2.24, 2.45) is 0 Å². The first-order valence-corrected chi connectivity index (χ1v) is 11.3. The van der Waals surface area contributed by atoms with Gasteiger partial charge in [0.1, 0.15) is 5.75 Å². The zero-order valence-corrected chi connectivity index (χ0v) is 19.2. The maximum atomic E-state index is 13.1. The van der Waals surface area contributed by atoms with Crippen molar-refractivity contribution in [3.63, 3.8) is 0 Å². The smallest absolute Gasteiger partial charge is 0.257 e. The van der Waals surface area contributed by atoms with Crippen molar-refractivity contribution in [3.8, 4) is 5.75 Å². The molecule has 32 heavy (non-hydrogen) atoms. The lowest BCUT2D eigenvalue weighted by Crippen LogP contribution is -2.33. The molecule has 0 bridgehead atoms. The Morgan fingerprint density at radius 3 is 2.56 bits per heavy atom. The Kier molecular flexibility index (Phi) is 7.08. The van der Waals surface area contributed by atoms with E-state index in [4.69, 9.17) is 21.3 Å². The third-order valence-corrected chi connectivity index (χ3v) is 6.16. The normalized spacial score (nSPS) is 14.8.